The van der Waals surface area contributed by atoms with E-state index in [4.69, 9.17) is 30.4 Å². The van der Waals surface area contributed by atoms with E-state index in [-0.39, 0.29) is 71.5 Å². The molecule has 6 rings (SSSR count). The van der Waals surface area contributed by atoms with Gasteiger partial charge in [-0.25, -0.2) is 0 Å². The molecule has 2 aromatic rings. The maximum Gasteiger partial charge on any atom is 0.417 e. The molecule has 6 nitrogen and oxygen atoms in total. The zero-order valence-corrected chi connectivity index (χ0v) is 20.9. The molecule has 0 aromatic heterocycles. The minimum atomic E-state index is -4.84. The molecule has 4 aliphatic rings. The molecule has 4 fully saturated rings. The summed E-state index contributed by atoms with van der Waals surface area (Å²) < 4.78 is 108. The zero-order valence-electron chi connectivity index (χ0n) is 20.9. The summed E-state index contributed by atoms with van der Waals surface area (Å²) in [5, 5.41) is 0. The van der Waals surface area contributed by atoms with Crippen LogP contribution >= 0.6 is 0 Å². The predicted octanol–water partition coefficient (Wildman–Crippen LogP) is 4.24. The normalized spacial score (nSPS) is 25.6. The van der Waals surface area contributed by atoms with Crippen LogP contribution in [0.1, 0.15) is 44.5 Å². The number of nitrogens with two attached hydrogens (primary N) is 2. The number of alkyl halides is 6. The molecule has 4 unspecified atom stereocenters. The molecule has 2 aromatic carbocycles. The number of anilines is 2. The van der Waals surface area contributed by atoms with Crippen molar-refractivity contribution in [2.75, 3.05) is 37.9 Å². The van der Waals surface area contributed by atoms with Crippen molar-refractivity contribution in [3.63, 3.8) is 0 Å². The van der Waals surface area contributed by atoms with Crippen LogP contribution in [0.4, 0.5) is 37.7 Å². The molecule has 4 N–H and O–H groups in total. The van der Waals surface area contributed by atoms with Crippen molar-refractivity contribution in [3.8, 4) is 0 Å². The molecule has 4 aliphatic heterocycles. The van der Waals surface area contributed by atoms with Gasteiger partial charge >= 0.3 is 12.4 Å². The largest absolute Gasteiger partial charge is 0.417 e. The molecule has 0 saturated carbocycles. The predicted molar refractivity (Wildman–Crippen MR) is 128 cm³/mol. The molecule has 4 heterocycles. The van der Waals surface area contributed by atoms with Gasteiger partial charge in [0.05, 0.1) is 62.0 Å². The lowest BCUT2D eigenvalue weighted by Crippen LogP contribution is -2.21. The first-order chi connectivity index (χ1) is 18.4. The Balaban J connectivity index is 1.52. The van der Waals surface area contributed by atoms with Gasteiger partial charge in [0.1, 0.15) is 0 Å². The van der Waals surface area contributed by atoms with Crippen molar-refractivity contribution < 1.29 is 45.3 Å². The molecule has 0 spiro atoms. The Bertz CT molecular complexity index is 1180. The third-order valence-electron chi connectivity index (χ3n) is 7.60. The van der Waals surface area contributed by atoms with E-state index in [1.807, 2.05) is 0 Å². The maximum absolute atomic E-state index is 14.6. The van der Waals surface area contributed by atoms with E-state index in [0.29, 0.717) is 37.6 Å². The number of hydrogen-bond acceptors (Lipinski definition) is 6. The van der Waals surface area contributed by atoms with Crippen molar-refractivity contribution in [1.29, 1.82) is 0 Å². The van der Waals surface area contributed by atoms with Crippen LogP contribution in [0.2, 0.25) is 0 Å². The zero-order chi connectivity index (χ0) is 27.7. The highest BCUT2D eigenvalue weighted by Crippen LogP contribution is 2.45. The molecule has 39 heavy (non-hydrogen) atoms. The summed E-state index contributed by atoms with van der Waals surface area (Å²) in [6.07, 6.45) is -11.1. The van der Waals surface area contributed by atoms with Crippen LogP contribution in [0.25, 0.3) is 0 Å². The number of nitrogen functional groups attached to an aromatic ring is 2. The molecule has 212 valence electrons. The number of halogens is 6. The van der Waals surface area contributed by atoms with E-state index in [1.54, 1.807) is 0 Å². The standard InChI is InChI=1S/C27H28F6N2O4/c28-26(29,30)22-12(2-14(4-16-8-36-16)24(34)20(22)6-18-10-38-18)1-13-3-15(5-17-9-37-17)25(35)21(7-19-11-39-19)23(13)27(31,32)33/h2-3,16-19H,1,4-11,34-35H2. The van der Waals surface area contributed by atoms with Gasteiger partial charge in [0.2, 0.25) is 0 Å². The van der Waals surface area contributed by atoms with Crippen LogP contribution in [0.15, 0.2) is 12.1 Å². The first-order valence-electron chi connectivity index (χ1n) is 12.9. The molecule has 0 amide bonds. The number of benzene rings is 2. The van der Waals surface area contributed by atoms with Crippen LogP contribution in [0, 0.1) is 0 Å². The van der Waals surface area contributed by atoms with Gasteiger partial charge in [-0.2, -0.15) is 26.3 Å². The summed E-state index contributed by atoms with van der Waals surface area (Å²) in [5.74, 6) is 0. The topological polar surface area (TPSA) is 102 Å². The quantitative estimate of drug-likeness (QED) is 0.257. The average molecular weight is 559 g/mol. The molecule has 4 atom stereocenters. The maximum atomic E-state index is 14.6. The van der Waals surface area contributed by atoms with Gasteiger partial charge in [-0.15, -0.1) is 0 Å². The van der Waals surface area contributed by atoms with Gasteiger partial charge in [0.15, 0.2) is 0 Å². The van der Waals surface area contributed by atoms with E-state index in [1.165, 1.54) is 12.1 Å². The lowest BCUT2D eigenvalue weighted by Gasteiger charge is -2.25. The summed E-state index contributed by atoms with van der Waals surface area (Å²) in [4.78, 5) is 0. The SMILES string of the molecule is Nc1c(CC2CO2)cc(Cc2cc(CC3CO3)c(N)c(CC3CO3)c2C(F)(F)F)c(C(F)(F)F)c1CC1CO1. The van der Waals surface area contributed by atoms with Crippen LogP contribution in [0.3, 0.4) is 0 Å². The third-order valence-corrected chi connectivity index (χ3v) is 7.60. The smallest absolute Gasteiger partial charge is 0.398 e. The molecule has 0 aliphatic carbocycles. The lowest BCUT2D eigenvalue weighted by molar-refractivity contribution is -0.138. The first kappa shape index (κ1) is 26.7. The highest BCUT2D eigenvalue weighted by Gasteiger charge is 2.43. The van der Waals surface area contributed by atoms with Gasteiger partial charge in [-0.3, -0.25) is 0 Å². The fourth-order valence-electron chi connectivity index (χ4n) is 5.41. The molecule has 0 bridgehead atoms. The Morgan fingerprint density at radius 2 is 0.872 bits per heavy atom. The number of rotatable bonds is 10. The van der Waals surface area contributed by atoms with Gasteiger partial charge in [-0.05, 0) is 39.8 Å². The van der Waals surface area contributed by atoms with Crippen molar-refractivity contribution in [2.45, 2.75) is 68.9 Å². The Morgan fingerprint density at radius 3 is 1.15 bits per heavy atom. The Kier molecular flexibility index (Phi) is 6.52. The fraction of sp³-hybridized carbons (Fsp3) is 0.556. The highest BCUT2D eigenvalue weighted by molar-refractivity contribution is 5.65. The van der Waals surface area contributed by atoms with Gasteiger partial charge < -0.3 is 30.4 Å². The van der Waals surface area contributed by atoms with E-state index in [2.05, 4.69) is 0 Å². The second-order valence-corrected chi connectivity index (χ2v) is 10.7. The lowest BCUT2D eigenvalue weighted by atomic mass is 9.84. The second kappa shape index (κ2) is 9.53. The van der Waals surface area contributed by atoms with E-state index in [0.717, 1.165) is 0 Å². The van der Waals surface area contributed by atoms with Gasteiger partial charge in [0.25, 0.3) is 0 Å². The Hall–Kier alpha value is -2.54. The summed E-state index contributed by atoms with van der Waals surface area (Å²) in [5.41, 5.74) is 10.5. The second-order valence-electron chi connectivity index (χ2n) is 10.7. The highest BCUT2D eigenvalue weighted by atomic mass is 19.4. The van der Waals surface area contributed by atoms with Crippen LogP contribution in [0.5, 0.6) is 0 Å². The van der Waals surface area contributed by atoms with Crippen molar-refractivity contribution in [3.05, 3.63) is 56.6 Å². The Morgan fingerprint density at radius 1 is 0.564 bits per heavy atom. The minimum Gasteiger partial charge on any atom is -0.398 e. The summed E-state index contributed by atoms with van der Waals surface area (Å²) >= 11 is 0. The molecular formula is C27H28F6N2O4. The van der Waals surface area contributed by atoms with Crippen molar-refractivity contribution in [1.82, 2.24) is 0 Å². The number of hydrogen-bond donors (Lipinski definition) is 2. The number of epoxide rings is 4. The van der Waals surface area contributed by atoms with Crippen LogP contribution in [-0.2, 0) is 63.4 Å². The van der Waals surface area contributed by atoms with E-state index in [9.17, 15) is 26.3 Å². The molecular weight excluding hydrogens is 530 g/mol. The van der Waals surface area contributed by atoms with Crippen molar-refractivity contribution >= 4 is 11.4 Å². The fourth-order valence-corrected chi connectivity index (χ4v) is 5.41. The monoisotopic (exact) mass is 558 g/mol. The molecule has 12 heteroatoms. The summed E-state index contributed by atoms with van der Waals surface area (Å²) in [6.45, 7) is 1.51. The summed E-state index contributed by atoms with van der Waals surface area (Å²) in [6, 6.07) is 2.59. The first-order valence-corrected chi connectivity index (χ1v) is 12.9. The Labute approximate surface area is 220 Å². The van der Waals surface area contributed by atoms with Crippen LogP contribution < -0.4 is 11.5 Å². The molecule has 0 radical (unpaired) electrons. The average Bonchev–Trinajstić information content (AvgIpc) is 3.63. The minimum absolute atomic E-state index is 0.0106. The summed E-state index contributed by atoms with van der Waals surface area (Å²) in [7, 11) is 0. The van der Waals surface area contributed by atoms with E-state index < -0.39 is 42.1 Å². The van der Waals surface area contributed by atoms with E-state index >= 15 is 0 Å². The van der Waals surface area contributed by atoms with Crippen LogP contribution in [-0.4, -0.2) is 50.8 Å². The van der Waals surface area contributed by atoms with Gasteiger partial charge in [-0.1, -0.05) is 12.1 Å². The third kappa shape index (κ3) is 5.98. The number of ether oxygens (including phenoxy) is 4. The van der Waals surface area contributed by atoms with Gasteiger partial charge in [0, 0.05) is 37.1 Å². The molecule has 4 saturated heterocycles. The van der Waals surface area contributed by atoms with Crippen molar-refractivity contribution in [2.24, 2.45) is 0 Å².